The van der Waals surface area contributed by atoms with Crippen molar-refractivity contribution in [3.05, 3.63) is 46.2 Å². The van der Waals surface area contributed by atoms with Gasteiger partial charge in [0.1, 0.15) is 0 Å². The van der Waals surface area contributed by atoms with Crippen molar-refractivity contribution < 1.29 is 4.79 Å². The van der Waals surface area contributed by atoms with Gasteiger partial charge in [0.15, 0.2) is 0 Å². The molecule has 0 bridgehead atoms. The molecule has 1 aromatic heterocycles. The fourth-order valence-corrected chi connectivity index (χ4v) is 3.19. The van der Waals surface area contributed by atoms with Gasteiger partial charge in [0.25, 0.3) is 5.91 Å². The number of hydrogen-bond donors (Lipinski definition) is 2. The number of rotatable bonds is 3. The Morgan fingerprint density at radius 3 is 2.48 bits per heavy atom. The maximum Gasteiger partial charge on any atom is 0.265 e. The number of carbonyl (C=O) groups is 1. The Bertz CT molecular complexity index is 615. The van der Waals surface area contributed by atoms with E-state index in [4.69, 9.17) is 0 Å². The number of hydrogen-bond acceptors (Lipinski definition) is 4. The number of aryl methyl sites for hydroxylation is 1. The minimum absolute atomic E-state index is 0.0389. The molecule has 0 radical (unpaired) electrons. The van der Waals surface area contributed by atoms with Crippen LogP contribution in [0.25, 0.3) is 0 Å². The number of anilines is 2. The second-order valence-electron chi connectivity index (χ2n) is 5.15. The van der Waals surface area contributed by atoms with Gasteiger partial charge in [0, 0.05) is 42.4 Å². The van der Waals surface area contributed by atoms with Crippen molar-refractivity contribution in [1.29, 1.82) is 0 Å². The van der Waals surface area contributed by atoms with Gasteiger partial charge in [-0.2, -0.15) is 0 Å². The molecule has 2 heterocycles. The van der Waals surface area contributed by atoms with Crippen LogP contribution < -0.4 is 15.5 Å². The summed E-state index contributed by atoms with van der Waals surface area (Å²) in [5.41, 5.74) is 2.05. The highest BCUT2D eigenvalue weighted by atomic mass is 32.1. The summed E-state index contributed by atoms with van der Waals surface area (Å²) < 4.78 is 0. The van der Waals surface area contributed by atoms with Crippen LogP contribution in [0.1, 0.15) is 14.5 Å². The summed E-state index contributed by atoms with van der Waals surface area (Å²) >= 11 is 1.51. The molecule has 0 unspecified atom stereocenters. The predicted octanol–water partition coefficient (Wildman–Crippen LogP) is 2.72. The molecule has 1 amide bonds. The first-order valence-corrected chi connectivity index (χ1v) is 7.97. The van der Waals surface area contributed by atoms with Gasteiger partial charge in [-0.05, 0) is 43.3 Å². The number of nitrogens with zero attached hydrogens (tertiary/aromatic N) is 1. The largest absolute Gasteiger partial charge is 0.369 e. The molecule has 0 spiro atoms. The van der Waals surface area contributed by atoms with E-state index in [9.17, 15) is 4.79 Å². The molecule has 0 saturated carbocycles. The van der Waals surface area contributed by atoms with Gasteiger partial charge in [-0.15, -0.1) is 11.3 Å². The van der Waals surface area contributed by atoms with Crippen molar-refractivity contribution in [3.8, 4) is 0 Å². The van der Waals surface area contributed by atoms with Crippen molar-refractivity contribution in [2.45, 2.75) is 6.92 Å². The molecule has 2 aromatic rings. The van der Waals surface area contributed by atoms with Crippen molar-refractivity contribution in [2.24, 2.45) is 0 Å². The van der Waals surface area contributed by atoms with Crippen LogP contribution in [0.2, 0.25) is 0 Å². The number of amides is 1. The first-order chi connectivity index (χ1) is 10.2. The van der Waals surface area contributed by atoms with E-state index in [-0.39, 0.29) is 5.91 Å². The summed E-state index contributed by atoms with van der Waals surface area (Å²) in [5.74, 6) is -0.0389. The van der Waals surface area contributed by atoms with Gasteiger partial charge >= 0.3 is 0 Å². The quantitative estimate of drug-likeness (QED) is 0.916. The Labute approximate surface area is 128 Å². The standard InChI is InChI=1S/C16H19N3OS/c1-12-2-7-15(21-12)16(20)18-13-3-5-14(6-4-13)19-10-8-17-9-11-19/h2-7,17H,8-11H2,1H3,(H,18,20). The third-order valence-corrected chi connectivity index (χ3v) is 4.57. The highest BCUT2D eigenvalue weighted by Crippen LogP contribution is 2.20. The lowest BCUT2D eigenvalue weighted by Gasteiger charge is -2.29. The summed E-state index contributed by atoms with van der Waals surface area (Å²) in [7, 11) is 0. The molecule has 110 valence electrons. The maximum atomic E-state index is 12.1. The molecule has 1 fully saturated rings. The van der Waals surface area contributed by atoms with Crippen LogP contribution in [0.3, 0.4) is 0 Å². The van der Waals surface area contributed by atoms with E-state index in [1.807, 2.05) is 31.2 Å². The van der Waals surface area contributed by atoms with Crippen LogP contribution >= 0.6 is 11.3 Å². The molecule has 3 rings (SSSR count). The fraction of sp³-hybridized carbons (Fsp3) is 0.312. The molecule has 1 aliphatic heterocycles. The number of carbonyl (C=O) groups excluding carboxylic acids is 1. The van der Waals surface area contributed by atoms with Crippen LogP contribution in [0, 0.1) is 6.92 Å². The van der Waals surface area contributed by atoms with Gasteiger partial charge in [-0.1, -0.05) is 0 Å². The first-order valence-electron chi connectivity index (χ1n) is 7.16. The zero-order valence-electron chi connectivity index (χ0n) is 12.1. The normalized spacial score (nSPS) is 15.0. The number of thiophene rings is 1. The van der Waals surface area contributed by atoms with Gasteiger partial charge in [0.05, 0.1) is 4.88 Å². The van der Waals surface area contributed by atoms with Crippen LogP contribution in [-0.4, -0.2) is 32.1 Å². The van der Waals surface area contributed by atoms with Gasteiger partial charge in [-0.25, -0.2) is 0 Å². The predicted molar refractivity (Wildman–Crippen MR) is 88.5 cm³/mol. The molecule has 1 aromatic carbocycles. The van der Waals surface area contributed by atoms with E-state index in [0.29, 0.717) is 0 Å². The smallest absolute Gasteiger partial charge is 0.265 e. The van der Waals surface area contributed by atoms with Crippen molar-refractivity contribution >= 4 is 28.6 Å². The van der Waals surface area contributed by atoms with E-state index >= 15 is 0 Å². The lowest BCUT2D eigenvalue weighted by atomic mass is 10.2. The molecule has 0 atom stereocenters. The summed E-state index contributed by atoms with van der Waals surface area (Å²) in [4.78, 5) is 16.3. The van der Waals surface area contributed by atoms with Crippen LogP contribution in [0.15, 0.2) is 36.4 Å². The van der Waals surface area contributed by atoms with Crippen LogP contribution in [0.4, 0.5) is 11.4 Å². The average molecular weight is 301 g/mol. The minimum Gasteiger partial charge on any atom is -0.369 e. The molecule has 0 aliphatic carbocycles. The van der Waals surface area contributed by atoms with Crippen molar-refractivity contribution in [1.82, 2.24) is 5.32 Å². The molecular weight excluding hydrogens is 282 g/mol. The Morgan fingerprint density at radius 2 is 1.86 bits per heavy atom. The lowest BCUT2D eigenvalue weighted by molar-refractivity contribution is 0.103. The third-order valence-electron chi connectivity index (χ3n) is 3.57. The summed E-state index contributed by atoms with van der Waals surface area (Å²) in [6, 6.07) is 11.9. The molecule has 1 aliphatic rings. The number of piperazine rings is 1. The second kappa shape index (κ2) is 6.28. The van der Waals surface area contributed by atoms with E-state index in [1.165, 1.54) is 17.0 Å². The summed E-state index contributed by atoms with van der Waals surface area (Å²) in [6.45, 7) is 6.11. The monoisotopic (exact) mass is 301 g/mol. The zero-order chi connectivity index (χ0) is 14.7. The van der Waals surface area contributed by atoms with Crippen LogP contribution in [-0.2, 0) is 0 Å². The Balaban J connectivity index is 1.65. The van der Waals surface area contributed by atoms with Gasteiger partial charge in [0.2, 0.25) is 0 Å². The fourth-order valence-electron chi connectivity index (χ4n) is 2.43. The third kappa shape index (κ3) is 3.43. The number of benzene rings is 1. The minimum atomic E-state index is -0.0389. The SMILES string of the molecule is Cc1ccc(C(=O)Nc2ccc(N3CCNCC3)cc2)s1. The van der Waals surface area contributed by atoms with E-state index < -0.39 is 0 Å². The molecule has 21 heavy (non-hydrogen) atoms. The van der Waals surface area contributed by atoms with Crippen molar-refractivity contribution in [3.63, 3.8) is 0 Å². The zero-order valence-corrected chi connectivity index (χ0v) is 12.9. The Morgan fingerprint density at radius 1 is 1.14 bits per heavy atom. The first kappa shape index (κ1) is 14.1. The van der Waals surface area contributed by atoms with Gasteiger partial charge in [-0.3, -0.25) is 4.79 Å². The van der Waals surface area contributed by atoms with Gasteiger partial charge < -0.3 is 15.5 Å². The highest BCUT2D eigenvalue weighted by Gasteiger charge is 2.11. The Hall–Kier alpha value is -1.85. The van der Waals surface area contributed by atoms with Crippen LogP contribution in [0.5, 0.6) is 0 Å². The Kier molecular flexibility index (Phi) is 4.22. The van der Waals surface area contributed by atoms with Crippen molar-refractivity contribution in [2.75, 3.05) is 36.4 Å². The maximum absolute atomic E-state index is 12.1. The lowest BCUT2D eigenvalue weighted by Crippen LogP contribution is -2.43. The molecule has 5 heteroatoms. The average Bonchev–Trinajstić information content (AvgIpc) is 2.96. The molecule has 1 saturated heterocycles. The molecule has 4 nitrogen and oxygen atoms in total. The highest BCUT2D eigenvalue weighted by molar-refractivity contribution is 7.14. The summed E-state index contributed by atoms with van der Waals surface area (Å²) in [5, 5.41) is 6.29. The van der Waals surface area contributed by atoms with E-state index in [0.717, 1.165) is 41.6 Å². The topological polar surface area (TPSA) is 44.4 Å². The van der Waals surface area contributed by atoms with E-state index in [1.54, 1.807) is 0 Å². The molecular formula is C16H19N3OS. The molecule has 2 N–H and O–H groups in total. The second-order valence-corrected chi connectivity index (χ2v) is 6.44. The van der Waals surface area contributed by atoms with E-state index in [2.05, 4.69) is 27.7 Å². The number of nitrogens with one attached hydrogen (secondary N) is 2. The summed E-state index contributed by atoms with van der Waals surface area (Å²) in [6.07, 6.45) is 0.